The van der Waals surface area contributed by atoms with Gasteiger partial charge in [0.05, 0.1) is 12.0 Å². The largest absolute Gasteiger partial charge is 0.313 e. The van der Waals surface area contributed by atoms with Gasteiger partial charge in [-0.1, -0.05) is 6.42 Å². The molecule has 2 nitrogen and oxygen atoms in total. The topological polar surface area (TPSA) is 35.8 Å². The maximum absolute atomic E-state index is 8.67. The van der Waals surface area contributed by atoms with Crippen LogP contribution in [-0.4, -0.2) is 24.1 Å². The Morgan fingerprint density at radius 2 is 2.36 bits per heavy atom. The summed E-state index contributed by atoms with van der Waals surface area (Å²) in [5, 5.41) is 13.0. The van der Waals surface area contributed by atoms with Gasteiger partial charge in [-0.3, -0.25) is 0 Å². The lowest BCUT2D eigenvalue weighted by Crippen LogP contribution is -2.37. The predicted octanol–water partition coefficient (Wildman–Crippen LogP) is 2.41. The second-order valence-corrected chi connectivity index (χ2v) is 5.30. The van der Waals surface area contributed by atoms with Crippen LogP contribution in [0.5, 0.6) is 0 Å². The fourth-order valence-electron chi connectivity index (χ4n) is 1.93. The Bertz CT molecular complexity index is 200. The molecule has 1 rings (SSSR count). The molecule has 0 bridgehead atoms. The zero-order valence-corrected chi connectivity index (χ0v) is 9.94. The molecule has 0 radical (unpaired) electrons. The van der Waals surface area contributed by atoms with Crippen molar-refractivity contribution >= 4 is 11.8 Å². The molecule has 14 heavy (non-hydrogen) atoms. The predicted molar refractivity (Wildman–Crippen MR) is 62.3 cm³/mol. The van der Waals surface area contributed by atoms with Crippen LogP contribution in [0, 0.1) is 17.2 Å². The van der Waals surface area contributed by atoms with E-state index in [2.05, 4.69) is 17.6 Å². The van der Waals surface area contributed by atoms with Crippen molar-refractivity contribution in [1.82, 2.24) is 5.32 Å². The van der Waals surface area contributed by atoms with Gasteiger partial charge >= 0.3 is 0 Å². The van der Waals surface area contributed by atoms with Crippen LogP contribution in [0.4, 0.5) is 0 Å². The third kappa shape index (κ3) is 3.89. The second kappa shape index (κ2) is 6.31. The van der Waals surface area contributed by atoms with Gasteiger partial charge in [-0.2, -0.15) is 17.0 Å². The Hall–Kier alpha value is -0.200. The van der Waals surface area contributed by atoms with Gasteiger partial charge in [0.25, 0.3) is 0 Å². The van der Waals surface area contributed by atoms with E-state index >= 15 is 0 Å². The molecule has 0 aromatic carbocycles. The molecular weight excluding hydrogens is 192 g/mol. The van der Waals surface area contributed by atoms with Crippen LogP contribution in [0.15, 0.2) is 0 Å². The molecule has 0 aromatic heterocycles. The van der Waals surface area contributed by atoms with E-state index in [0.29, 0.717) is 6.04 Å². The lowest BCUT2D eigenvalue weighted by Gasteiger charge is -2.29. The molecule has 3 heteroatoms. The van der Waals surface area contributed by atoms with Gasteiger partial charge in [0.1, 0.15) is 0 Å². The van der Waals surface area contributed by atoms with Gasteiger partial charge in [0.15, 0.2) is 0 Å². The van der Waals surface area contributed by atoms with Crippen LogP contribution in [0.3, 0.4) is 0 Å². The Morgan fingerprint density at radius 1 is 1.57 bits per heavy atom. The summed E-state index contributed by atoms with van der Waals surface area (Å²) < 4.78 is 0. The molecule has 1 N–H and O–H groups in total. The van der Waals surface area contributed by atoms with Gasteiger partial charge in [-0.05, 0) is 32.4 Å². The lowest BCUT2D eigenvalue weighted by molar-refractivity contribution is 0.372. The van der Waals surface area contributed by atoms with Crippen LogP contribution < -0.4 is 5.32 Å². The molecule has 3 unspecified atom stereocenters. The molecule has 1 aliphatic carbocycles. The van der Waals surface area contributed by atoms with E-state index in [1.54, 1.807) is 0 Å². The molecule has 0 saturated heterocycles. The van der Waals surface area contributed by atoms with E-state index in [4.69, 9.17) is 5.26 Å². The second-order valence-electron chi connectivity index (χ2n) is 4.16. The van der Waals surface area contributed by atoms with Gasteiger partial charge in [0, 0.05) is 17.8 Å². The summed E-state index contributed by atoms with van der Waals surface area (Å²) >= 11 is 1.98. The summed E-state index contributed by atoms with van der Waals surface area (Å²) in [6.45, 7) is 2.82. The SMILES string of the molecule is CSC1CCCC(NCC(C)C#N)C1. The van der Waals surface area contributed by atoms with Crippen LogP contribution in [0.2, 0.25) is 0 Å². The molecule has 1 fully saturated rings. The third-order valence-corrected chi connectivity index (χ3v) is 3.99. The van der Waals surface area contributed by atoms with E-state index in [9.17, 15) is 0 Å². The maximum atomic E-state index is 8.67. The van der Waals surface area contributed by atoms with Crippen molar-refractivity contribution in [2.24, 2.45) is 5.92 Å². The first-order valence-electron chi connectivity index (χ1n) is 5.42. The van der Waals surface area contributed by atoms with Crippen molar-refractivity contribution in [1.29, 1.82) is 5.26 Å². The number of thioether (sulfide) groups is 1. The van der Waals surface area contributed by atoms with Gasteiger partial charge < -0.3 is 5.32 Å². The van der Waals surface area contributed by atoms with E-state index in [1.165, 1.54) is 25.7 Å². The standard InChI is InChI=1S/C11H20N2S/c1-9(7-12)8-13-10-4-3-5-11(6-10)14-2/h9-11,13H,3-6,8H2,1-2H3. The first kappa shape index (κ1) is 11.9. The van der Waals surface area contributed by atoms with Crippen molar-refractivity contribution in [2.45, 2.75) is 43.9 Å². The van der Waals surface area contributed by atoms with E-state index in [-0.39, 0.29) is 5.92 Å². The summed E-state index contributed by atoms with van der Waals surface area (Å²) in [5.74, 6) is 0.143. The lowest BCUT2D eigenvalue weighted by atomic mass is 9.94. The van der Waals surface area contributed by atoms with Crippen molar-refractivity contribution in [2.75, 3.05) is 12.8 Å². The average Bonchev–Trinajstić information content (AvgIpc) is 2.26. The maximum Gasteiger partial charge on any atom is 0.0666 e. The minimum absolute atomic E-state index is 0.143. The molecule has 80 valence electrons. The number of nitrogens with one attached hydrogen (secondary N) is 1. The Kier molecular flexibility index (Phi) is 5.36. The number of nitrogens with zero attached hydrogens (tertiary/aromatic N) is 1. The van der Waals surface area contributed by atoms with Crippen molar-refractivity contribution in [3.8, 4) is 6.07 Å². The number of rotatable bonds is 4. The van der Waals surface area contributed by atoms with Crippen molar-refractivity contribution < 1.29 is 0 Å². The summed E-state index contributed by atoms with van der Waals surface area (Å²) in [6.07, 6.45) is 7.47. The molecule has 0 aliphatic heterocycles. The highest BCUT2D eigenvalue weighted by atomic mass is 32.2. The molecule has 0 spiro atoms. The highest BCUT2D eigenvalue weighted by Crippen LogP contribution is 2.26. The highest BCUT2D eigenvalue weighted by Gasteiger charge is 2.20. The van der Waals surface area contributed by atoms with Crippen LogP contribution in [-0.2, 0) is 0 Å². The molecule has 0 aromatic rings. The van der Waals surface area contributed by atoms with Crippen molar-refractivity contribution in [3.63, 3.8) is 0 Å². The first-order chi connectivity index (χ1) is 6.76. The number of hydrogen-bond donors (Lipinski definition) is 1. The average molecular weight is 212 g/mol. The highest BCUT2D eigenvalue weighted by molar-refractivity contribution is 7.99. The fourth-order valence-corrected chi connectivity index (χ4v) is 2.76. The minimum Gasteiger partial charge on any atom is -0.313 e. The van der Waals surface area contributed by atoms with E-state index < -0.39 is 0 Å². The number of nitriles is 1. The monoisotopic (exact) mass is 212 g/mol. The minimum atomic E-state index is 0.143. The molecule has 0 heterocycles. The Balaban J connectivity index is 2.21. The van der Waals surface area contributed by atoms with Gasteiger partial charge in [0.2, 0.25) is 0 Å². The zero-order chi connectivity index (χ0) is 10.4. The normalized spacial score (nSPS) is 29.5. The molecule has 1 saturated carbocycles. The molecular formula is C11H20N2S. The smallest absolute Gasteiger partial charge is 0.0666 e. The van der Waals surface area contributed by atoms with Crippen molar-refractivity contribution in [3.05, 3.63) is 0 Å². The Labute approximate surface area is 91.4 Å². The third-order valence-electron chi connectivity index (χ3n) is 2.89. The summed E-state index contributed by atoms with van der Waals surface area (Å²) in [5.41, 5.74) is 0. The van der Waals surface area contributed by atoms with Gasteiger partial charge in [-0.25, -0.2) is 0 Å². The van der Waals surface area contributed by atoms with Crippen LogP contribution in [0.1, 0.15) is 32.6 Å². The van der Waals surface area contributed by atoms with E-state index in [1.807, 2.05) is 18.7 Å². The Morgan fingerprint density at radius 3 is 3.00 bits per heavy atom. The first-order valence-corrected chi connectivity index (χ1v) is 6.70. The summed E-state index contributed by atoms with van der Waals surface area (Å²) in [4.78, 5) is 0. The summed E-state index contributed by atoms with van der Waals surface area (Å²) in [7, 11) is 0. The number of hydrogen-bond acceptors (Lipinski definition) is 3. The fraction of sp³-hybridized carbons (Fsp3) is 0.909. The van der Waals surface area contributed by atoms with Crippen LogP contribution >= 0.6 is 11.8 Å². The summed E-state index contributed by atoms with van der Waals surface area (Å²) in [6, 6.07) is 2.91. The van der Waals surface area contributed by atoms with E-state index in [0.717, 1.165) is 11.8 Å². The zero-order valence-electron chi connectivity index (χ0n) is 9.12. The van der Waals surface area contributed by atoms with Crippen LogP contribution in [0.25, 0.3) is 0 Å². The van der Waals surface area contributed by atoms with Gasteiger partial charge in [-0.15, -0.1) is 0 Å². The molecule has 1 aliphatic rings. The molecule has 3 atom stereocenters. The quantitative estimate of drug-likeness (QED) is 0.777. The molecule has 0 amide bonds.